The van der Waals surface area contributed by atoms with Gasteiger partial charge in [-0.05, 0) is 45.7 Å². The fourth-order valence-electron chi connectivity index (χ4n) is 2.36. The van der Waals surface area contributed by atoms with Gasteiger partial charge in [0.2, 0.25) is 0 Å². The van der Waals surface area contributed by atoms with Crippen LogP contribution in [-0.4, -0.2) is 22.3 Å². The average Bonchev–Trinajstić information content (AvgIpc) is 2.79. The van der Waals surface area contributed by atoms with Gasteiger partial charge in [0.05, 0.1) is 22.0 Å². The highest BCUT2D eigenvalue weighted by molar-refractivity contribution is 6.35. The van der Waals surface area contributed by atoms with Crippen LogP contribution < -0.4 is 0 Å². The zero-order valence-electron chi connectivity index (χ0n) is 12.8. The topological polar surface area (TPSA) is 27.1 Å². The third-order valence-corrected chi connectivity index (χ3v) is 3.84. The second kappa shape index (κ2) is 7.48. The Morgan fingerprint density at radius 2 is 2.00 bits per heavy atom. The van der Waals surface area contributed by atoms with E-state index in [9.17, 15) is 0 Å². The van der Waals surface area contributed by atoms with Crippen molar-refractivity contribution in [3.63, 3.8) is 0 Å². The highest BCUT2D eigenvalue weighted by Crippen LogP contribution is 2.29. The van der Waals surface area contributed by atoms with Crippen LogP contribution in [0.2, 0.25) is 5.02 Å². The van der Waals surface area contributed by atoms with Crippen molar-refractivity contribution in [3.8, 4) is 0 Å². The fraction of sp³-hybridized carbons (Fsp3) is 0.562. The van der Waals surface area contributed by atoms with Crippen LogP contribution in [0.5, 0.6) is 0 Å². The largest absolute Gasteiger partial charge is 0.379 e. The van der Waals surface area contributed by atoms with Gasteiger partial charge in [0.25, 0.3) is 0 Å². The van der Waals surface area contributed by atoms with Crippen LogP contribution in [-0.2, 0) is 11.3 Å². The zero-order chi connectivity index (χ0) is 15.4. The van der Waals surface area contributed by atoms with Gasteiger partial charge in [-0.3, -0.25) is 0 Å². The molecule has 1 aromatic carbocycles. The SMILES string of the molecule is CC(C)OCCCCn1c(C(C)Cl)nc2c(Cl)cccc21. The van der Waals surface area contributed by atoms with E-state index in [-0.39, 0.29) is 11.5 Å². The summed E-state index contributed by atoms with van der Waals surface area (Å²) in [4.78, 5) is 4.61. The lowest BCUT2D eigenvalue weighted by Gasteiger charge is -2.11. The molecule has 1 heterocycles. The Balaban J connectivity index is 2.13. The Bertz CT molecular complexity index is 593. The number of hydrogen-bond donors (Lipinski definition) is 0. The number of rotatable bonds is 7. The Kier molecular flexibility index (Phi) is 5.91. The van der Waals surface area contributed by atoms with Crippen molar-refractivity contribution in [2.24, 2.45) is 0 Å². The molecule has 21 heavy (non-hydrogen) atoms. The number of para-hydroxylation sites is 1. The Morgan fingerprint density at radius 1 is 1.24 bits per heavy atom. The fourth-order valence-corrected chi connectivity index (χ4v) is 2.74. The van der Waals surface area contributed by atoms with Gasteiger partial charge >= 0.3 is 0 Å². The van der Waals surface area contributed by atoms with E-state index >= 15 is 0 Å². The van der Waals surface area contributed by atoms with Crippen molar-refractivity contribution >= 4 is 34.2 Å². The van der Waals surface area contributed by atoms with E-state index in [1.807, 2.05) is 25.1 Å². The lowest BCUT2D eigenvalue weighted by molar-refractivity contribution is 0.0754. The van der Waals surface area contributed by atoms with E-state index in [4.69, 9.17) is 27.9 Å². The summed E-state index contributed by atoms with van der Waals surface area (Å²) in [6.45, 7) is 7.72. The molecular formula is C16H22Cl2N2O. The maximum absolute atomic E-state index is 6.26. The van der Waals surface area contributed by atoms with E-state index in [2.05, 4.69) is 23.4 Å². The summed E-state index contributed by atoms with van der Waals surface area (Å²) < 4.78 is 7.75. The number of aryl methyl sites for hydroxylation is 1. The molecule has 0 amide bonds. The highest BCUT2D eigenvalue weighted by atomic mass is 35.5. The van der Waals surface area contributed by atoms with Crippen molar-refractivity contribution < 1.29 is 4.74 Å². The second-order valence-electron chi connectivity index (χ2n) is 5.47. The normalized spacial score (nSPS) is 13.2. The molecule has 2 rings (SSSR count). The van der Waals surface area contributed by atoms with Crippen molar-refractivity contribution in [2.75, 3.05) is 6.61 Å². The van der Waals surface area contributed by atoms with E-state index in [1.54, 1.807) is 0 Å². The molecule has 1 unspecified atom stereocenters. The molecule has 0 aliphatic carbocycles. The number of nitrogens with zero attached hydrogens (tertiary/aromatic N) is 2. The molecule has 2 aromatic rings. The predicted octanol–water partition coefficient (Wildman–Crippen LogP) is 5.19. The average molecular weight is 329 g/mol. The number of aromatic nitrogens is 2. The van der Waals surface area contributed by atoms with Gasteiger partial charge in [-0.2, -0.15) is 0 Å². The number of ether oxygens (including phenoxy) is 1. The smallest absolute Gasteiger partial charge is 0.127 e. The van der Waals surface area contributed by atoms with Crippen molar-refractivity contribution in [1.29, 1.82) is 0 Å². The van der Waals surface area contributed by atoms with Crippen LogP contribution in [0, 0.1) is 0 Å². The summed E-state index contributed by atoms with van der Waals surface area (Å²) in [5.41, 5.74) is 1.88. The summed E-state index contributed by atoms with van der Waals surface area (Å²) in [7, 11) is 0. The minimum absolute atomic E-state index is 0.139. The number of benzene rings is 1. The number of unbranched alkanes of at least 4 members (excludes halogenated alkanes) is 1. The lowest BCUT2D eigenvalue weighted by atomic mass is 10.3. The van der Waals surface area contributed by atoms with E-state index in [1.165, 1.54) is 0 Å². The Hall–Kier alpha value is -0.770. The van der Waals surface area contributed by atoms with Crippen LogP contribution in [0.1, 0.15) is 44.8 Å². The lowest BCUT2D eigenvalue weighted by Crippen LogP contribution is -2.07. The molecule has 0 saturated carbocycles. The van der Waals surface area contributed by atoms with Crippen LogP contribution in [0.15, 0.2) is 18.2 Å². The Labute approximate surface area is 136 Å². The molecule has 0 bridgehead atoms. The Morgan fingerprint density at radius 3 is 2.67 bits per heavy atom. The number of imidazole rings is 1. The van der Waals surface area contributed by atoms with Crippen molar-refractivity contribution in [2.45, 2.75) is 51.6 Å². The first-order valence-electron chi connectivity index (χ1n) is 7.41. The summed E-state index contributed by atoms with van der Waals surface area (Å²) >= 11 is 12.5. The summed E-state index contributed by atoms with van der Waals surface area (Å²) in [6, 6.07) is 5.86. The van der Waals surface area contributed by atoms with Crippen LogP contribution in [0.3, 0.4) is 0 Å². The first kappa shape index (κ1) is 16.6. The molecule has 0 radical (unpaired) electrons. The first-order valence-corrected chi connectivity index (χ1v) is 8.22. The third-order valence-electron chi connectivity index (χ3n) is 3.34. The number of halogens is 2. The number of alkyl halides is 1. The molecule has 1 aromatic heterocycles. The van der Waals surface area contributed by atoms with Gasteiger partial charge in [0, 0.05) is 13.2 Å². The highest BCUT2D eigenvalue weighted by Gasteiger charge is 2.16. The van der Waals surface area contributed by atoms with Crippen LogP contribution in [0.4, 0.5) is 0 Å². The van der Waals surface area contributed by atoms with E-state index < -0.39 is 0 Å². The molecule has 5 heteroatoms. The van der Waals surface area contributed by atoms with E-state index in [0.29, 0.717) is 5.02 Å². The molecule has 0 N–H and O–H groups in total. The minimum Gasteiger partial charge on any atom is -0.379 e. The van der Waals surface area contributed by atoms with Gasteiger partial charge in [-0.25, -0.2) is 4.98 Å². The first-order chi connectivity index (χ1) is 10.0. The summed E-state index contributed by atoms with van der Waals surface area (Å²) in [5, 5.41) is 0.535. The quantitative estimate of drug-likeness (QED) is 0.516. The molecule has 1 atom stereocenters. The van der Waals surface area contributed by atoms with Gasteiger partial charge in [-0.1, -0.05) is 17.7 Å². The monoisotopic (exact) mass is 328 g/mol. The molecule has 116 valence electrons. The second-order valence-corrected chi connectivity index (χ2v) is 6.53. The molecule has 3 nitrogen and oxygen atoms in total. The molecule has 0 saturated heterocycles. The number of hydrogen-bond acceptors (Lipinski definition) is 2. The molecule has 0 spiro atoms. The van der Waals surface area contributed by atoms with Gasteiger partial charge in [0.1, 0.15) is 11.3 Å². The number of fused-ring (bicyclic) bond motifs is 1. The summed E-state index contributed by atoms with van der Waals surface area (Å²) in [6.07, 6.45) is 2.34. The predicted molar refractivity (Wildman–Crippen MR) is 89.3 cm³/mol. The van der Waals surface area contributed by atoms with Gasteiger partial charge < -0.3 is 9.30 Å². The van der Waals surface area contributed by atoms with Crippen molar-refractivity contribution in [3.05, 3.63) is 29.0 Å². The zero-order valence-corrected chi connectivity index (χ0v) is 14.3. The van der Waals surface area contributed by atoms with Crippen LogP contribution >= 0.6 is 23.2 Å². The van der Waals surface area contributed by atoms with Gasteiger partial charge in [0.15, 0.2) is 0 Å². The van der Waals surface area contributed by atoms with E-state index in [0.717, 1.165) is 42.9 Å². The molecule has 0 aliphatic heterocycles. The van der Waals surface area contributed by atoms with Gasteiger partial charge in [-0.15, -0.1) is 11.6 Å². The van der Waals surface area contributed by atoms with Crippen molar-refractivity contribution in [1.82, 2.24) is 9.55 Å². The molecule has 0 fully saturated rings. The maximum atomic E-state index is 6.26. The minimum atomic E-state index is -0.139. The maximum Gasteiger partial charge on any atom is 0.127 e. The third kappa shape index (κ3) is 4.12. The molecular weight excluding hydrogens is 307 g/mol. The van der Waals surface area contributed by atoms with Crippen LogP contribution in [0.25, 0.3) is 11.0 Å². The molecule has 0 aliphatic rings. The summed E-state index contributed by atoms with van der Waals surface area (Å²) in [5.74, 6) is 0.879. The standard InChI is InChI=1S/C16H22Cl2N2O/c1-11(2)21-10-5-4-9-20-14-8-6-7-13(18)15(14)19-16(20)12(3)17/h6-8,11-12H,4-5,9-10H2,1-3H3.